The predicted octanol–water partition coefficient (Wildman–Crippen LogP) is 2.84. The normalized spacial score (nSPS) is 54.9. The highest BCUT2D eigenvalue weighted by Gasteiger charge is 2.69. The van der Waals surface area contributed by atoms with Gasteiger partial charge in [-0.3, -0.25) is 0 Å². The Balaban J connectivity index is 1.72. The molecule has 128 valence electrons. The molecular weight excluding hydrogens is 296 g/mol. The molecule has 2 unspecified atom stereocenters. The first kappa shape index (κ1) is 15.9. The molecule has 5 nitrogen and oxygen atoms in total. The van der Waals surface area contributed by atoms with Crippen molar-refractivity contribution in [3.8, 4) is 12.3 Å². The lowest BCUT2D eigenvalue weighted by Crippen LogP contribution is -2.70. The Morgan fingerprint density at radius 1 is 1.17 bits per heavy atom. The predicted molar refractivity (Wildman–Crippen MR) is 81.6 cm³/mol. The first-order valence-corrected chi connectivity index (χ1v) is 8.75. The number of hydrogen-bond donors (Lipinski definition) is 0. The van der Waals surface area contributed by atoms with Gasteiger partial charge in [0.15, 0.2) is 18.2 Å². The van der Waals surface area contributed by atoms with E-state index < -0.39 is 17.7 Å². The van der Waals surface area contributed by atoms with Crippen LogP contribution in [-0.4, -0.2) is 30.6 Å². The smallest absolute Gasteiger partial charge is 0.201 e. The van der Waals surface area contributed by atoms with Crippen molar-refractivity contribution in [1.29, 1.82) is 0 Å². The molecule has 8 atom stereocenters. The lowest BCUT2D eigenvalue weighted by molar-refractivity contribution is -0.577. The van der Waals surface area contributed by atoms with E-state index in [1.807, 2.05) is 6.92 Å². The van der Waals surface area contributed by atoms with E-state index in [1.165, 1.54) is 6.42 Å². The van der Waals surface area contributed by atoms with Crippen molar-refractivity contribution in [2.24, 2.45) is 23.7 Å². The Labute approximate surface area is 137 Å². The zero-order chi connectivity index (χ0) is 16.2. The fourth-order valence-corrected chi connectivity index (χ4v) is 5.19. The molecule has 4 aliphatic heterocycles. The van der Waals surface area contributed by atoms with Crippen LogP contribution >= 0.6 is 0 Å². The van der Waals surface area contributed by atoms with Crippen LogP contribution in [0.25, 0.3) is 0 Å². The van der Waals surface area contributed by atoms with Crippen molar-refractivity contribution in [3.63, 3.8) is 0 Å². The van der Waals surface area contributed by atoms with Crippen molar-refractivity contribution in [2.45, 2.75) is 70.4 Å². The Bertz CT molecular complexity index is 516. The van der Waals surface area contributed by atoms with Gasteiger partial charge in [-0.05, 0) is 38.0 Å². The standard InChI is InChI=1S/C18H26O5/c1-5-10-19-15-12(3)14-7-6-11(2)13-8-9-17(4)21-16(20-15)18(13,14)23-22-17/h1,11-16H,6-10H2,2-4H3/t11-,12-,13?,14?,15+,16-,17+,18-/m1/s1. The third-order valence-electron chi connectivity index (χ3n) is 6.43. The zero-order valence-electron chi connectivity index (χ0n) is 14.1. The maximum atomic E-state index is 6.23. The van der Waals surface area contributed by atoms with Gasteiger partial charge in [0.2, 0.25) is 5.79 Å². The van der Waals surface area contributed by atoms with Gasteiger partial charge in [0.05, 0.1) is 0 Å². The van der Waals surface area contributed by atoms with E-state index in [9.17, 15) is 0 Å². The van der Waals surface area contributed by atoms with Crippen LogP contribution < -0.4 is 0 Å². The summed E-state index contributed by atoms with van der Waals surface area (Å²) in [6, 6.07) is 0. The van der Waals surface area contributed by atoms with Crippen molar-refractivity contribution in [2.75, 3.05) is 6.61 Å². The molecule has 0 aromatic heterocycles. The molecule has 4 saturated heterocycles. The Morgan fingerprint density at radius 2 is 2.00 bits per heavy atom. The molecule has 0 aromatic rings. The molecule has 1 aliphatic carbocycles. The Kier molecular flexibility index (Phi) is 3.75. The van der Waals surface area contributed by atoms with Gasteiger partial charge in [0.1, 0.15) is 6.61 Å². The topological polar surface area (TPSA) is 46.2 Å². The molecule has 5 heteroatoms. The number of ether oxygens (including phenoxy) is 3. The summed E-state index contributed by atoms with van der Waals surface area (Å²) in [6.07, 6.45) is 8.64. The van der Waals surface area contributed by atoms with Crippen molar-refractivity contribution < 1.29 is 24.0 Å². The van der Waals surface area contributed by atoms with Gasteiger partial charge in [0, 0.05) is 18.3 Å². The van der Waals surface area contributed by atoms with Crippen LogP contribution in [0, 0.1) is 36.0 Å². The van der Waals surface area contributed by atoms with Gasteiger partial charge < -0.3 is 14.2 Å². The minimum atomic E-state index is -0.741. The number of terminal acetylenes is 1. The molecule has 4 heterocycles. The summed E-state index contributed by atoms with van der Waals surface area (Å²) in [4.78, 5) is 11.8. The number of hydrogen-bond acceptors (Lipinski definition) is 5. The van der Waals surface area contributed by atoms with Crippen LogP contribution in [0.4, 0.5) is 0 Å². The zero-order valence-corrected chi connectivity index (χ0v) is 14.1. The molecule has 1 spiro atoms. The van der Waals surface area contributed by atoms with Crippen molar-refractivity contribution in [1.82, 2.24) is 0 Å². The summed E-state index contributed by atoms with van der Waals surface area (Å²) < 4.78 is 18.2. The maximum absolute atomic E-state index is 6.23. The van der Waals surface area contributed by atoms with Gasteiger partial charge in [0.25, 0.3) is 0 Å². The average Bonchev–Trinajstić information content (AvgIpc) is 2.76. The summed E-state index contributed by atoms with van der Waals surface area (Å²) in [5.74, 6) is 3.20. The second kappa shape index (κ2) is 5.44. The lowest BCUT2D eigenvalue weighted by Gasteiger charge is -2.60. The highest BCUT2D eigenvalue weighted by molar-refractivity contribution is 5.09. The highest BCUT2D eigenvalue weighted by atomic mass is 17.3. The van der Waals surface area contributed by atoms with E-state index in [1.54, 1.807) is 0 Å². The second-order valence-electron chi connectivity index (χ2n) is 7.79. The molecule has 0 amide bonds. The lowest BCUT2D eigenvalue weighted by atomic mass is 9.58. The van der Waals surface area contributed by atoms with Gasteiger partial charge in [-0.25, -0.2) is 9.78 Å². The Hall–Kier alpha value is -0.640. The first-order valence-electron chi connectivity index (χ1n) is 8.75. The summed E-state index contributed by atoms with van der Waals surface area (Å²) >= 11 is 0. The van der Waals surface area contributed by atoms with Crippen LogP contribution in [0.1, 0.15) is 46.5 Å². The van der Waals surface area contributed by atoms with Crippen molar-refractivity contribution in [3.05, 3.63) is 0 Å². The third-order valence-corrected chi connectivity index (χ3v) is 6.43. The van der Waals surface area contributed by atoms with E-state index in [0.29, 0.717) is 11.8 Å². The molecule has 5 rings (SSSR count). The minimum Gasteiger partial charge on any atom is -0.340 e. The fraction of sp³-hybridized carbons (Fsp3) is 0.889. The monoisotopic (exact) mass is 322 g/mol. The van der Waals surface area contributed by atoms with Crippen molar-refractivity contribution >= 4 is 0 Å². The number of fused-ring (bicyclic) bond motifs is 2. The first-order chi connectivity index (χ1) is 11.0. The average molecular weight is 322 g/mol. The van der Waals surface area contributed by atoms with Crippen LogP contribution in [-0.2, 0) is 24.0 Å². The van der Waals surface area contributed by atoms with E-state index in [4.69, 9.17) is 30.4 Å². The summed E-state index contributed by atoms with van der Waals surface area (Å²) in [6.45, 7) is 6.64. The van der Waals surface area contributed by atoms with E-state index in [-0.39, 0.29) is 24.7 Å². The fourth-order valence-electron chi connectivity index (χ4n) is 5.19. The summed E-state index contributed by atoms with van der Waals surface area (Å²) in [5.41, 5.74) is -0.525. The molecule has 5 aliphatic rings. The van der Waals surface area contributed by atoms with Crippen LogP contribution in [0.5, 0.6) is 0 Å². The summed E-state index contributed by atoms with van der Waals surface area (Å²) in [5, 5.41) is 0. The molecule has 0 aromatic carbocycles. The van der Waals surface area contributed by atoms with E-state index in [0.717, 1.165) is 19.3 Å². The second-order valence-corrected chi connectivity index (χ2v) is 7.79. The van der Waals surface area contributed by atoms with Crippen LogP contribution in [0.15, 0.2) is 0 Å². The quantitative estimate of drug-likeness (QED) is 0.578. The van der Waals surface area contributed by atoms with Gasteiger partial charge >= 0.3 is 0 Å². The SMILES string of the molecule is C#CCO[C@H]1O[C@@H]2O[C@]3(C)CCC4[C@H](C)CCC([C@H]1C)[C@]42OO3. The molecule has 5 fully saturated rings. The van der Waals surface area contributed by atoms with Gasteiger partial charge in [-0.15, -0.1) is 6.42 Å². The molecule has 23 heavy (non-hydrogen) atoms. The van der Waals surface area contributed by atoms with Gasteiger partial charge in [-0.1, -0.05) is 19.8 Å². The van der Waals surface area contributed by atoms with E-state index in [2.05, 4.69) is 19.8 Å². The molecule has 0 N–H and O–H groups in total. The third kappa shape index (κ3) is 2.20. The largest absolute Gasteiger partial charge is 0.340 e. The maximum Gasteiger partial charge on any atom is 0.201 e. The van der Waals surface area contributed by atoms with Crippen LogP contribution in [0.2, 0.25) is 0 Å². The molecule has 0 radical (unpaired) electrons. The van der Waals surface area contributed by atoms with Gasteiger partial charge in [-0.2, -0.15) is 0 Å². The summed E-state index contributed by atoms with van der Waals surface area (Å²) in [7, 11) is 0. The van der Waals surface area contributed by atoms with E-state index >= 15 is 0 Å². The Morgan fingerprint density at radius 3 is 2.78 bits per heavy atom. The minimum absolute atomic E-state index is 0.184. The molecule has 1 saturated carbocycles. The van der Waals surface area contributed by atoms with Crippen LogP contribution in [0.3, 0.4) is 0 Å². The molecular formula is C18H26O5. The molecule has 2 bridgehead atoms. The highest BCUT2D eigenvalue weighted by Crippen LogP contribution is 2.60. The number of rotatable bonds is 2.